The van der Waals surface area contributed by atoms with E-state index < -0.39 is 5.82 Å². The second-order valence-corrected chi connectivity index (χ2v) is 4.17. The molecule has 16 heavy (non-hydrogen) atoms. The Morgan fingerprint density at radius 3 is 2.75 bits per heavy atom. The highest BCUT2D eigenvalue weighted by molar-refractivity contribution is 5.93. The molecule has 2 unspecified atom stereocenters. The molecule has 1 aromatic rings. The highest BCUT2D eigenvalue weighted by atomic mass is 19.1. The second kappa shape index (κ2) is 4.61. The number of nitrogens with two attached hydrogens (primary N) is 1. The maximum atomic E-state index is 13.3. The first-order valence-electron chi connectivity index (χ1n) is 5.49. The quantitative estimate of drug-likeness (QED) is 0.802. The molecule has 3 N–H and O–H groups in total. The summed E-state index contributed by atoms with van der Waals surface area (Å²) in [5.74, 6) is -0.767. The molecule has 0 saturated heterocycles. The van der Waals surface area contributed by atoms with E-state index in [0.717, 1.165) is 19.3 Å². The first kappa shape index (κ1) is 11.1. The van der Waals surface area contributed by atoms with Crippen molar-refractivity contribution in [3.05, 3.63) is 30.1 Å². The van der Waals surface area contributed by atoms with Crippen LogP contribution in [-0.4, -0.2) is 11.9 Å². The van der Waals surface area contributed by atoms with Crippen molar-refractivity contribution < 1.29 is 9.18 Å². The Bertz CT molecular complexity index is 394. The smallest absolute Gasteiger partial charge is 0.229 e. The minimum atomic E-state index is -0.414. The molecule has 1 aliphatic carbocycles. The lowest BCUT2D eigenvalue weighted by Crippen LogP contribution is -2.34. The summed E-state index contributed by atoms with van der Waals surface area (Å²) in [7, 11) is 0. The molecule has 0 bridgehead atoms. The van der Waals surface area contributed by atoms with Crippen molar-refractivity contribution in [3.63, 3.8) is 0 Å². The number of rotatable bonds is 2. The van der Waals surface area contributed by atoms with Crippen LogP contribution in [0, 0.1) is 11.7 Å². The SMILES string of the molecule is NC1CCCC1C(=O)Nc1ccccc1F. The Morgan fingerprint density at radius 1 is 1.38 bits per heavy atom. The van der Waals surface area contributed by atoms with Crippen LogP contribution in [0.1, 0.15) is 19.3 Å². The maximum absolute atomic E-state index is 13.3. The molecule has 3 nitrogen and oxygen atoms in total. The Kier molecular flexibility index (Phi) is 3.19. The molecule has 86 valence electrons. The Balaban J connectivity index is 2.05. The molecule has 1 amide bonds. The van der Waals surface area contributed by atoms with Crippen molar-refractivity contribution >= 4 is 11.6 Å². The summed E-state index contributed by atoms with van der Waals surface area (Å²) in [6, 6.07) is 6.06. The van der Waals surface area contributed by atoms with Gasteiger partial charge in [0.05, 0.1) is 11.6 Å². The number of halogens is 1. The molecule has 1 saturated carbocycles. The van der Waals surface area contributed by atoms with Crippen molar-refractivity contribution in [1.82, 2.24) is 0 Å². The van der Waals surface area contributed by atoms with Crippen molar-refractivity contribution in [1.29, 1.82) is 0 Å². The minimum Gasteiger partial charge on any atom is -0.327 e. The highest BCUT2D eigenvalue weighted by Crippen LogP contribution is 2.25. The van der Waals surface area contributed by atoms with Gasteiger partial charge in [-0.25, -0.2) is 4.39 Å². The van der Waals surface area contributed by atoms with Crippen LogP contribution in [0.25, 0.3) is 0 Å². The second-order valence-electron chi connectivity index (χ2n) is 4.17. The largest absolute Gasteiger partial charge is 0.327 e. The van der Waals surface area contributed by atoms with Crippen LogP contribution in [0.3, 0.4) is 0 Å². The van der Waals surface area contributed by atoms with E-state index in [1.807, 2.05) is 0 Å². The molecule has 0 aromatic heterocycles. The number of anilines is 1. The van der Waals surface area contributed by atoms with Gasteiger partial charge < -0.3 is 11.1 Å². The third kappa shape index (κ3) is 2.22. The topological polar surface area (TPSA) is 55.1 Å². The molecule has 1 aliphatic rings. The van der Waals surface area contributed by atoms with E-state index in [4.69, 9.17) is 5.73 Å². The lowest BCUT2D eigenvalue weighted by atomic mass is 10.0. The molecular formula is C12H15FN2O. The third-order valence-corrected chi connectivity index (χ3v) is 3.04. The summed E-state index contributed by atoms with van der Waals surface area (Å²) in [6.07, 6.45) is 2.63. The average molecular weight is 222 g/mol. The van der Waals surface area contributed by atoms with Crippen LogP contribution in [-0.2, 0) is 4.79 Å². The van der Waals surface area contributed by atoms with Gasteiger partial charge in [0.1, 0.15) is 5.82 Å². The fourth-order valence-corrected chi connectivity index (χ4v) is 2.10. The van der Waals surface area contributed by atoms with Crippen LogP contribution >= 0.6 is 0 Å². The summed E-state index contributed by atoms with van der Waals surface area (Å²) >= 11 is 0. The van der Waals surface area contributed by atoms with Crippen molar-refractivity contribution in [2.45, 2.75) is 25.3 Å². The van der Waals surface area contributed by atoms with E-state index >= 15 is 0 Å². The van der Waals surface area contributed by atoms with Crippen molar-refractivity contribution in [2.24, 2.45) is 11.7 Å². The zero-order valence-electron chi connectivity index (χ0n) is 8.95. The Labute approximate surface area is 93.8 Å². The molecule has 0 radical (unpaired) electrons. The van der Waals surface area contributed by atoms with Crippen LogP contribution in [0.2, 0.25) is 0 Å². The zero-order chi connectivity index (χ0) is 11.5. The molecule has 1 fully saturated rings. The standard InChI is InChI=1S/C12H15FN2O/c13-9-5-1-2-7-11(9)15-12(16)8-4-3-6-10(8)14/h1-2,5,7-8,10H,3-4,6,14H2,(H,15,16). The van der Waals surface area contributed by atoms with E-state index in [0.29, 0.717) is 0 Å². The molecule has 4 heteroatoms. The van der Waals surface area contributed by atoms with Gasteiger partial charge in [-0.2, -0.15) is 0 Å². The third-order valence-electron chi connectivity index (χ3n) is 3.04. The van der Waals surface area contributed by atoms with Gasteiger partial charge in [-0.3, -0.25) is 4.79 Å². The fraction of sp³-hybridized carbons (Fsp3) is 0.417. The summed E-state index contributed by atoms with van der Waals surface area (Å²) in [4.78, 5) is 11.8. The van der Waals surface area contributed by atoms with Gasteiger partial charge in [-0.1, -0.05) is 18.6 Å². The molecule has 0 spiro atoms. The summed E-state index contributed by atoms with van der Waals surface area (Å²) < 4.78 is 13.3. The number of benzene rings is 1. The first-order chi connectivity index (χ1) is 7.68. The molecule has 0 heterocycles. The molecule has 1 aromatic carbocycles. The summed E-state index contributed by atoms with van der Waals surface area (Å²) in [6.45, 7) is 0. The van der Waals surface area contributed by atoms with Crippen LogP contribution < -0.4 is 11.1 Å². The predicted octanol–water partition coefficient (Wildman–Crippen LogP) is 1.89. The number of amides is 1. The van der Waals surface area contributed by atoms with E-state index in [2.05, 4.69) is 5.32 Å². The van der Waals surface area contributed by atoms with E-state index in [9.17, 15) is 9.18 Å². The van der Waals surface area contributed by atoms with Gasteiger partial charge in [0.25, 0.3) is 0 Å². The van der Waals surface area contributed by atoms with Crippen LogP contribution in [0.5, 0.6) is 0 Å². The molecule has 2 atom stereocenters. The minimum absolute atomic E-state index is 0.0910. The van der Waals surface area contributed by atoms with Gasteiger partial charge in [-0.05, 0) is 25.0 Å². The first-order valence-corrected chi connectivity index (χ1v) is 5.49. The number of para-hydroxylation sites is 1. The maximum Gasteiger partial charge on any atom is 0.229 e. The molecule has 0 aliphatic heterocycles. The number of hydrogen-bond donors (Lipinski definition) is 2. The number of carbonyl (C=O) groups excluding carboxylic acids is 1. The normalized spacial score (nSPS) is 24.4. The number of carbonyl (C=O) groups is 1. The average Bonchev–Trinajstić information content (AvgIpc) is 2.68. The lowest BCUT2D eigenvalue weighted by molar-refractivity contribution is -0.120. The van der Waals surface area contributed by atoms with Gasteiger partial charge in [0.2, 0.25) is 5.91 Å². The van der Waals surface area contributed by atoms with Gasteiger partial charge >= 0.3 is 0 Å². The van der Waals surface area contributed by atoms with Gasteiger partial charge in [0, 0.05) is 6.04 Å². The monoisotopic (exact) mass is 222 g/mol. The van der Waals surface area contributed by atoms with Crippen LogP contribution in [0.15, 0.2) is 24.3 Å². The molecular weight excluding hydrogens is 207 g/mol. The fourth-order valence-electron chi connectivity index (χ4n) is 2.10. The highest BCUT2D eigenvalue weighted by Gasteiger charge is 2.30. The molecule has 2 rings (SSSR count). The lowest BCUT2D eigenvalue weighted by Gasteiger charge is -2.15. The summed E-state index contributed by atoms with van der Waals surface area (Å²) in [5, 5.41) is 2.59. The van der Waals surface area contributed by atoms with Gasteiger partial charge in [0.15, 0.2) is 0 Å². The van der Waals surface area contributed by atoms with E-state index in [1.165, 1.54) is 6.07 Å². The van der Waals surface area contributed by atoms with E-state index in [-0.39, 0.29) is 23.6 Å². The zero-order valence-corrected chi connectivity index (χ0v) is 8.95. The van der Waals surface area contributed by atoms with E-state index in [1.54, 1.807) is 18.2 Å². The van der Waals surface area contributed by atoms with Crippen molar-refractivity contribution in [3.8, 4) is 0 Å². The van der Waals surface area contributed by atoms with Gasteiger partial charge in [-0.15, -0.1) is 0 Å². The van der Waals surface area contributed by atoms with Crippen LogP contribution in [0.4, 0.5) is 10.1 Å². The Hall–Kier alpha value is -1.42. The predicted molar refractivity (Wildman–Crippen MR) is 60.3 cm³/mol. The Morgan fingerprint density at radius 2 is 2.12 bits per heavy atom. The number of nitrogens with one attached hydrogen (secondary N) is 1. The number of hydrogen-bond acceptors (Lipinski definition) is 2. The summed E-state index contributed by atoms with van der Waals surface area (Å²) in [5.41, 5.74) is 6.05. The van der Waals surface area contributed by atoms with Crippen molar-refractivity contribution in [2.75, 3.05) is 5.32 Å².